The number of rotatable bonds is 6. The second kappa shape index (κ2) is 6.59. The van der Waals surface area contributed by atoms with Gasteiger partial charge in [0, 0.05) is 6.04 Å². The Balaban J connectivity index is 1.89. The van der Waals surface area contributed by atoms with E-state index in [0.717, 1.165) is 19.4 Å². The van der Waals surface area contributed by atoms with Crippen molar-refractivity contribution in [2.45, 2.75) is 25.8 Å². The first-order valence-corrected chi connectivity index (χ1v) is 7.60. The van der Waals surface area contributed by atoms with Crippen LogP contribution in [0.2, 0.25) is 0 Å². The van der Waals surface area contributed by atoms with Crippen molar-refractivity contribution < 1.29 is 4.42 Å². The van der Waals surface area contributed by atoms with Crippen LogP contribution in [0, 0.1) is 0 Å². The van der Waals surface area contributed by atoms with Gasteiger partial charge in [0.05, 0.1) is 12.5 Å². The molecule has 0 radical (unpaired) electrons. The second-order valence-corrected chi connectivity index (χ2v) is 5.45. The smallest absolute Gasteiger partial charge is 0.0935 e. The molecule has 3 rings (SSSR count). The summed E-state index contributed by atoms with van der Waals surface area (Å²) in [6, 6.07) is 17.6. The molecule has 2 aromatic carbocycles. The Morgan fingerprint density at radius 1 is 1.05 bits per heavy atom. The van der Waals surface area contributed by atoms with E-state index in [9.17, 15) is 0 Å². The van der Waals surface area contributed by atoms with Crippen molar-refractivity contribution in [3.05, 3.63) is 72.2 Å². The van der Waals surface area contributed by atoms with E-state index in [1.807, 2.05) is 12.3 Å². The predicted octanol–water partition coefficient (Wildman–Crippen LogP) is 4.72. The van der Waals surface area contributed by atoms with E-state index in [0.29, 0.717) is 6.04 Å². The number of fused-ring (bicyclic) bond motifs is 1. The van der Waals surface area contributed by atoms with Gasteiger partial charge in [-0.15, -0.1) is 0 Å². The van der Waals surface area contributed by atoms with Gasteiger partial charge in [-0.1, -0.05) is 43.3 Å². The molecule has 1 atom stereocenters. The first kappa shape index (κ1) is 13.9. The van der Waals surface area contributed by atoms with Gasteiger partial charge in [0.15, 0.2) is 0 Å². The van der Waals surface area contributed by atoms with Gasteiger partial charge >= 0.3 is 0 Å². The van der Waals surface area contributed by atoms with Crippen LogP contribution in [0.4, 0.5) is 0 Å². The molecule has 2 heteroatoms. The van der Waals surface area contributed by atoms with Crippen LogP contribution >= 0.6 is 0 Å². The van der Waals surface area contributed by atoms with Crippen LogP contribution in [-0.2, 0) is 6.42 Å². The third-order valence-electron chi connectivity index (χ3n) is 3.84. The second-order valence-electron chi connectivity index (χ2n) is 5.45. The highest BCUT2D eigenvalue weighted by Gasteiger charge is 2.12. The van der Waals surface area contributed by atoms with Crippen LogP contribution in [0.15, 0.2) is 65.5 Å². The monoisotopic (exact) mass is 279 g/mol. The zero-order valence-electron chi connectivity index (χ0n) is 12.4. The molecular formula is C19H21NO. The van der Waals surface area contributed by atoms with Gasteiger partial charge in [-0.05, 0) is 53.4 Å². The summed E-state index contributed by atoms with van der Waals surface area (Å²) in [6.45, 7) is 3.22. The molecule has 1 N–H and O–H groups in total. The number of benzene rings is 2. The molecule has 108 valence electrons. The lowest BCUT2D eigenvalue weighted by Crippen LogP contribution is -2.23. The lowest BCUT2D eigenvalue weighted by Gasteiger charge is -2.19. The lowest BCUT2D eigenvalue weighted by atomic mass is 9.97. The van der Waals surface area contributed by atoms with Crippen molar-refractivity contribution >= 4 is 10.8 Å². The van der Waals surface area contributed by atoms with Crippen molar-refractivity contribution in [1.82, 2.24) is 5.32 Å². The summed E-state index contributed by atoms with van der Waals surface area (Å²) in [5.41, 5.74) is 2.57. The molecule has 0 bridgehead atoms. The van der Waals surface area contributed by atoms with Crippen molar-refractivity contribution in [3.63, 3.8) is 0 Å². The SMILES string of the molecule is CCCNC(Cc1ccoc1)c1ccc2ccccc2c1. The molecule has 1 aromatic heterocycles. The van der Waals surface area contributed by atoms with Gasteiger partial charge in [0.1, 0.15) is 0 Å². The zero-order chi connectivity index (χ0) is 14.5. The number of furan rings is 1. The highest BCUT2D eigenvalue weighted by atomic mass is 16.3. The Bertz CT molecular complexity index is 688. The first-order valence-electron chi connectivity index (χ1n) is 7.60. The molecule has 0 spiro atoms. The van der Waals surface area contributed by atoms with Crippen molar-refractivity contribution in [2.75, 3.05) is 6.54 Å². The maximum absolute atomic E-state index is 5.20. The zero-order valence-corrected chi connectivity index (χ0v) is 12.4. The van der Waals surface area contributed by atoms with E-state index >= 15 is 0 Å². The maximum Gasteiger partial charge on any atom is 0.0935 e. The van der Waals surface area contributed by atoms with Crippen LogP contribution in [-0.4, -0.2) is 6.54 Å². The third kappa shape index (κ3) is 3.34. The Kier molecular flexibility index (Phi) is 4.37. The summed E-state index contributed by atoms with van der Waals surface area (Å²) in [7, 11) is 0. The van der Waals surface area contributed by atoms with E-state index < -0.39 is 0 Å². The molecule has 0 amide bonds. The summed E-state index contributed by atoms with van der Waals surface area (Å²) in [5, 5.41) is 6.23. The quantitative estimate of drug-likeness (QED) is 0.706. The molecule has 1 unspecified atom stereocenters. The number of nitrogens with one attached hydrogen (secondary N) is 1. The van der Waals surface area contributed by atoms with Gasteiger partial charge in [-0.25, -0.2) is 0 Å². The van der Waals surface area contributed by atoms with Crippen LogP contribution in [0.3, 0.4) is 0 Å². The predicted molar refractivity (Wildman–Crippen MR) is 87.4 cm³/mol. The van der Waals surface area contributed by atoms with E-state index in [1.165, 1.54) is 21.9 Å². The summed E-state index contributed by atoms with van der Waals surface area (Å²) in [5.74, 6) is 0. The molecule has 3 aromatic rings. The Morgan fingerprint density at radius 2 is 1.90 bits per heavy atom. The average molecular weight is 279 g/mol. The molecule has 0 saturated heterocycles. The van der Waals surface area contributed by atoms with Crippen molar-refractivity contribution in [1.29, 1.82) is 0 Å². The number of hydrogen-bond donors (Lipinski definition) is 1. The Morgan fingerprint density at radius 3 is 2.67 bits per heavy atom. The van der Waals surface area contributed by atoms with Crippen LogP contribution < -0.4 is 5.32 Å². The average Bonchev–Trinajstić information content (AvgIpc) is 3.04. The van der Waals surface area contributed by atoms with Gasteiger partial charge in [0.25, 0.3) is 0 Å². The standard InChI is InChI=1S/C19H21NO/c1-2-10-20-19(12-15-9-11-21-14-15)18-8-7-16-5-3-4-6-17(16)13-18/h3-9,11,13-14,19-20H,2,10,12H2,1H3. The van der Waals surface area contributed by atoms with E-state index in [2.05, 4.69) is 54.7 Å². The first-order chi connectivity index (χ1) is 10.4. The third-order valence-corrected chi connectivity index (χ3v) is 3.84. The lowest BCUT2D eigenvalue weighted by molar-refractivity contribution is 0.521. The molecule has 2 nitrogen and oxygen atoms in total. The molecular weight excluding hydrogens is 258 g/mol. The van der Waals surface area contributed by atoms with Crippen molar-refractivity contribution in [3.8, 4) is 0 Å². The van der Waals surface area contributed by atoms with Crippen LogP contribution in [0.5, 0.6) is 0 Å². The molecule has 0 aliphatic heterocycles. The van der Waals surface area contributed by atoms with Crippen LogP contribution in [0.1, 0.15) is 30.5 Å². The van der Waals surface area contributed by atoms with E-state index in [1.54, 1.807) is 6.26 Å². The molecule has 21 heavy (non-hydrogen) atoms. The number of hydrogen-bond acceptors (Lipinski definition) is 2. The summed E-state index contributed by atoms with van der Waals surface area (Å²) < 4.78 is 5.20. The van der Waals surface area contributed by atoms with Gasteiger partial charge in [-0.2, -0.15) is 0 Å². The van der Waals surface area contributed by atoms with Crippen molar-refractivity contribution in [2.24, 2.45) is 0 Å². The summed E-state index contributed by atoms with van der Waals surface area (Å²) in [4.78, 5) is 0. The van der Waals surface area contributed by atoms with E-state index in [4.69, 9.17) is 4.42 Å². The molecule has 0 fully saturated rings. The fourth-order valence-corrected chi connectivity index (χ4v) is 2.70. The summed E-state index contributed by atoms with van der Waals surface area (Å²) >= 11 is 0. The van der Waals surface area contributed by atoms with E-state index in [-0.39, 0.29) is 0 Å². The molecule has 0 aliphatic carbocycles. The maximum atomic E-state index is 5.20. The molecule has 0 saturated carbocycles. The fraction of sp³-hybridized carbons (Fsp3) is 0.263. The minimum Gasteiger partial charge on any atom is -0.472 e. The molecule has 0 aliphatic rings. The van der Waals surface area contributed by atoms with Gasteiger partial charge in [-0.3, -0.25) is 0 Å². The minimum absolute atomic E-state index is 0.326. The highest BCUT2D eigenvalue weighted by Crippen LogP contribution is 2.23. The normalized spacial score (nSPS) is 12.6. The van der Waals surface area contributed by atoms with Crippen LogP contribution in [0.25, 0.3) is 10.8 Å². The fourth-order valence-electron chi connectivity index (χ4n) is 2.70. The largest absolute Gasteiger partial charge is 0.472 e. The Hall–Kier alpha value is -2.06. The van der Waals surface area contributed by atoms with Gasteiger partial charge < -0.3 is 9.73 Å². The molecule has 1 heterocycles. The minimum atomic E-state index is 0.326. The highest BCUT2D eigenvalue weighted by molar-refractivity contribution is 5.83. The topological polar surface area (TPSA) is 25.2 Å². The Labute approximate surface area is 125 Å². The summed E-state index contributed by atoms with van der Waals surface area (Å²) in [6.07, 6.45) is 5.67. The van der Waals surface area contributed by atoms with Gasteiger partial charge in [0.2, 0.25) is 0 Å².